The Morgan fingerprint density at radius 2 is 2.00 bits per heavy atom. The summed E-state index contributed by atoms with van der Waals surface area (Å²) < 4.78 is 5.99. The SMILES string of the molecule is CC[C@@H]1CCC[C@H](Oc2ccccc2)C1. The number of benzene rings is 1. The summed E-state index contributed by atoms with van der Waals surface area (Å²) in [6.45, 7) is 2.29. The van der Waals surface area contributed by atoms with Crippen molar-refractivity contribution >= 4 is 0 Å². The van der Waals surface area contributed by atoms with Gasteiger partial charge in [-0.1, -0.05) is 38.0 Å². The molecule has 1 aliphatic carbocycles. The molecule has 0 amide bonds. The van der Waals surface area contributed by atoms with Crippen LogP contribution in [-0.2, 0) is 0 Å². The standard InChI is InChI=1S/C14H20O/c1-2-12-7-6-10-14(11-12)15-13-8-4-3-5-9-13/h3-5,8-9,12,14H,2,6-7,10-11H2,1H3/t12-,14+/m1/s1. The van der Waals surface area contributed by atoms with E-state index in [0.29, 0.717) is 6.10 Å². The summed E-state index contributed by atoms with van der Waals surface area (Å²) >= 11 is 0. The Kier molecular flexibility index (Phi) is 3.65. The molecule has 1 saturated carbocycles. The van der Waals surface area contributed by atoms with E-state index in [1.165, 1.54) is 32.1 Å². The van der Waals surface area contributed by atoms with Gasteiger partial charge in [0.05, 0.1) is 6.10 Å². The van der Waals surface area contributed by atoms with E-state index in [1.807, 2.05) is 18.2 Å². The van der Waals surface area contributed by atoms with Crippen LogP contribution in [0.1, 0.15) is 39.0 Å². The lowest BCUT2D eigenvalue weighted by Crippen LogP contribution is -2.25. The Hall–Kier alpha value is -0.980. The Bertz CT molecular complexity index is 281. The summed E-state index contributed by atoms with van der Waals surface area (Å²) in [6, 6.07) is 10.2. The summed E-state index contributed by atoms with van der Waals surface area (Å²) in [6.07, 6.45) is 6.94. The molecule has 0 heterocycles. The van der Waals surface area contributed by atoms with E-state index < -0.39 is 0 Å². The minimum atomic E-state index is 0.450. The third-order valence-corrected chi connectivity index (χ3v) is 3.36. The van der Waals surface area contributed by atoms with Gasteiger partial charge >= 0.3 is 0 Å². The monoisotopic (exact) mass is 204 g/mol. The highest BCUT2D eigenvalue weighted by atomic mass is 16.5. The van der Waals surface area contributed by atoms with Crippen LogP contribution in [0.2, 0.25) is 0 Å². The van der Waals surface area contributed by atoms with Crippen molar-refractivity contribution in [1.29, 1.82) is 0 Å². The van der Waals surface area contributed by atoms with Crippen LogP contribution in [-0.4, -0.2) is 6.10 Å². The largest absolute Gasteiger partial charge is 0.490 e. The zero-order valence-electron chi connectivity index (χ0n) is 9.49. The van der Waals surface area contributed by atoms with E-state index in [0.717, 1.165) is 11.7 Å². The number of ether oxygens (including phenoxy) is 1. The fraction of sp³-hybridized carbons (Fsp3) is 0.571. The quantitative estimate of drug-likeness (QED) is 0.722. The molecule has 2 atom stereocenters. The molecule has 1 aliphatic rings. The Labute approximate surface area is 92.5 Å². The van der Waals surface area contributed by atoms with Crippen molar-refractivity contribution in [2.45, 2.75) is 45.1 Å². The van der Waals surface area contributed by atoms with Crippen molar-refractivity contribution in [3.63, 3.8) is 0 Å². The second-order valence-electron chi connectivity index (χ2n) is 4.49. The van der Waals surface area contributed by atoms with Crippen molar-refractivity contribution in [2.75, 3.05) is 0 Å². The van der Waals surface area contributed by atoms with Gasteiger partial charge < -0.3 is 4.74 Å². The molecule has 82 valence electrons. The molecule has 2 rings (SSSR count). The zero-order chi connectivity index (χ0) is 10.5. The van der Waals surface area contributed by atoms with Crippen molar-refractivity contribution in [3.8, 4) is 5.75 Å². The average Bonchev–Trinajstić information content (AvgIpc) is 2.31. The molecule has 1 aromatic rings. The maximum absolute atomic E-state index is 5.99. The maximum Gasteiger partial charge on any atom is 0.119 e. The van der Waals surface area contributed by atoms with E-state index >= 15 is 0 Å². The van der Waals surface area contributed by atoms with Crippen molar-refractivity contribution < 1.29 is 4.74 Å². The van der Waals surface area contributed by atoms with Gasteiger partial charge in [-0.2, -0.15) is 0 Å². The maximum atomic E-state index is 5.99. The minimum Gasteiger partial charge on any atom is -0.490 e. The van der Waals surface area contributed by atoms with Crippen LogP contribution in [0.4, 0.5) is 0 Å². The first-order valence-corrected chi connectivity index (χ1v) is 6.10. The lowest BCUT2D eigenvalue weighted by atomic mass is 9.85. The van der Waals surface area contributed by atoms with Crippen LogP contribution in [0.5, 0.6) is 5.75 Å². The molecule has 0 unspecified atom stereocenters. The van der Waals surface area contributed by atoms with E-state index in [2.05, 4.69) is 19.1 Å². The van der Waals surface area contributed by atoms with Gasteiger partial charge in [-0.05, 0) is 37.3 Å². The fourth-order valence-corrected chi connectivity index (χ4v) is 2.41. The highest BCUT2D eigenvalue weighted by Gasteiger charge is 2.21. The fourth-order valence-electron chi connectivity index (χ4n) is 2.41. The van der Waals surface area contributed by atoms with Crippen LogP contribution in [0, 0.1) is 5.92 Å². The van der Waals surface area contributed by atoms with Gasteiger partial charge in [0.25, 0.3) is 0 Å². The molecule has 1 heteroatoms. The first kappa shape index (κ1) is 10.5. The third kappa shape index (κ3) is 2.98. The topological polar surface area (TPSA) is 9.23 Å². The molecule has 1 fully saturated rings. The van der Waals surface area contributed by atoms with Gasteiger partial charge in [-0.15, -0.1) is 0 Å². The normalized spacial score (nSPS) is 26.2. The first-order valence-electron chi connectivity index (χ1n) is 6.10. The smallest absolute Gasteiger partial charge is 0.119 e. The highest BCUT2D eigenvalue weighted by Crippen LogP contribution is 2.29. The van der Waals surface area contributed by atoms with Gasteiger partial charge in [-0.25, -0.2) is 0 Å². The molecule has 0 saturated heterocycles. The first-order chi connectivity index (χ1) is 7.38. The summed E-state index contributed by atoms with van der Waals surface area (Å²) in [5.41, 5.74) is 0. The number of hydrogen-bond acceptors (Lipinski definition) is 1. The van der Waals surface area contributed by atoms with Crippen molar-refractivity contribution in [1.82, 2.24) is 0 Å². The number of rotatable bonds is 3. The molecule has 1 aromatic carbocycles. The predicted octanol–water partition coefficient (Wildman–Crippen LogP) is 4.03. The van der Waals surface area contributed by atoms with E-state index in [9.17, 15) is 0 Å². The molecular weight excluding hydrogens is 184 g/mol. The second kappa shape index (κ2) is 5.20. The Morgan fingerprint density at radius 1 is 1.20 bits per heavy atom. The minimum absolute atomic E-state index is 0.450. The molecular formula is C14H20O. The van der Waals surface area contributed by atoms with Crippen LogP contribution < -0.4 is 4.74 Å². The van der Waals surface area contributed by atoms with Crippen LogP contribution in [0.15, 0.2) is 30.3 Å². The second-order valence-corrected chi connectivity index (χ2v) is 4.49. The molecule has 0 N–H and O–H groups in total. The van der Waals surface area contributed by atoms with E-state index in [-0.39, 0.29) is 0 Å². The van der Waals surface area contributed by atoms with Crippen molar-refractivity contribution in [3.05, 3.63) is 30.3 Å². The van der Waals surface area contributed by atoms with Gasteiger partial charge in [0.2, 0.25) is 0 Å². The van der Waals surface area contributed by atoms with E-state index in [1.54, 1.807) is 0 Å². The summed E-state index contributed by atoms with van der Waals surface area (Å²) in [5.74, 6) is 1.91. The highest BCUT2D eigenvalue weighted by molar-refractivity contribution is 5.21. The lowest BCUT2D eigenvalue weighted by Gasteiger charge is -2.28. The van der Waals surface area contributed by atoms with Gasteiger partial charge in [0.1, 0.15) is 5.75 Å². The third-order valence-electron chi connectivity index (χ3n) is 3.36. The molecule has 0 spiro atoms. The van der Waals surface area contributed by atoms with E-state index in [4.69, 9.17) is 4.74 Å². The van der Waals surface area contributed by atoms with Gasteiger partial charge in [-0.3, -0.25) is 0 Å². The molecule has 0 radical (unpaired) electrons. The molecule has 0 aromatic heterocycles. The van der Waals surface area contributed by atoms with Gasteiger partial charge in [0, 0.05) is 0 Å². The lowest BCUT2D eigenvalue weighted by molar-refractivity contribution is 0.122. The Balaban J connectivity index is 1.89. The number of hydrogen-bond donors (Lipinski definition) is 0. The van der Waals surface area contributed by atoms with Crippen LogP contribution >= 0.6 is 0 Å². The van der Waals surface area contributed by atoms with Crippen LogP contribution in [0.25, 0.3) is 0 Å². The summed E-state index contributed by atoms with van der Waals surface area (Å²) in [5, 5.41) is 0. The Morgan fingerprint density at radius 3 is 2.73 bits per heavy atom. The summed E-state index contributed by atoms with van der Waals surface area (Å²) in [7, 11) is 0. The molecule has 15 heavy (non-hydrogen) atoms. The summed E-state index contributed by atoms with van der Waals surface area (Å²) in [4.78, 5) is 0. The number of para-hydroxylation sites is 1. The molecule has 0 bridgehead atoms. The average molecular weight is 204 g/mol. The zero-order valence-corrected chi connectivity index (χ0v) is 9.49. The van der Waals surface area contributed by atoms with Crippen LogP contribution in [0.3, 0.4) is 0 Å². The predicted molar refractivity (Wildman–Crippen MR) is 63.1 cm³/mol. The molecule has 1 nitrogen and oxygen atoms in total. The van der Waals surface area contributed by atoms with Gasteiger partial charge in [0.15, 0.2) is 0 Å². The van der Waals surface area contributed by atoms with Crippen molar-refractivity contribution in [2.24, 2.45) is 5.92 Å². The molecule has 0 aliphatic heterocycles.